The number of hydrogen-bond donors (Lipinski definition) is 2. The maximum Gasteiger partial charge on any atom is 0.276 e. The fourth-order valence-corrected chi connectivity index (χ4v) is 5.26. The number of aromatic nitrogens is 1. The molecule has 0 unspecified atom stereocenters. The highest BCUT2D eigenvalue weighted by Gasteiger charge is 2.37. The molecule has 3 heterocycles. The number of rotatable bonds is 4. The number of fused-ring (bicyclic) bond motifs is 1. The van der Waals surface area contributed by atoms with Crippen LogP contribution in [0.5, 0.6) is 0 Å². The van der Waals surface area contributed by atoms with Gasteiger partial charge in [0, 0.05) is 31.5 Å². The van der Waals surface area contributed by atoms with Crippen molar-refractivity contribution in [3.8, 4) is 0 Å². The highest BCUT2D eigenvalue weighted by Crippen LogP contribution is 2.30. The number of piperidine rings is 1. The number of hydrogen-bond acceptors (Lipinski definition) is 6. The summed E-state index contributed by atoms with van der Waals surface area (Å²) in [6.07, 6.45) is 2.84. The Kier molecular flexibility index (Phi) is 5.11. The molecular formula is C19H24N4O4S. The average Bonchev–Trinajstić information content (AvgIpc) is 3.16. The van der Waals surface area contributed by atoms with Gasteiger partial charge in [-0.3, -0.25) is 4.79 Å². The van der Waals surface area contributed by atoms with E-state index in [0.29, 0.717) is 30.2 Å². The summed E-state index contributed by atoms with van der Waals surface area (Å²) in [7, 11) is -3.58. The maximum atomic E-state index is 12.8. The number of nitrogens with one attached hydrogen (secondary N) is 2. The van der Waals surface area contributed by atoms with Crippen molar-refractivity contribution >= 4 is 21.6 Å². The van der Waals surface area contributed by atoms with Gasteiger partial charge >= 0.3 is 0 Å². The molecule has 28 heavy (non-hydrogen) atoms. The molecule has 0 saturated carbocycles. The fourth-order valence-electron chi connectivity index (χ4n) is 3.87. The molecule has 2 aliphatic heterocycles. The zero-order valence-electron chi connectivity index (χ0n) is 15.7. The number of aryl methyl sites for hydroxylation is 1. The van der Waals surface area contributed by atoms with E-state index in [-0.39, 0.29) is 16.7 Å². The molecule has 8 nitrogen and oxygen atoms in total. The maximum absolute atomic E-state index is 12.8. The van der Waals surface area contributed by atoms with Gasteiger partial charge in [0.2, 0.25) is 10.0 Å². The number of anilines is 1. The Morgan fingerprint density at radius 3 is 3.00 bits per heavy atom. The standard InChI is InChI=1S/C19H24N4O4S/c1-2-6-14-11-16(21-27-14)19(24)23-10-5-7-13(12-23)18-20-15-8-3-4-9-17(15)28(25,26)22-18/h3-4,8-9,11,13,18,20,22H,2,5-7,10,12H2,1H3/t13-,18+/m0/s1. The molecule has 1 aromatic heterocycles. The van der Waals surface area contributed by atoms with Crippen molar-refractivity contribution < 1.29 is 17.7 Å². The lowest BCUT2D eigenvalue weighted by Gasteiger charge is -2.39. The van der Waals surface area contributed by atoms with Crippen LogP contribution in [0.2, 0.25) is 0 Å². The lowest BCUT2D eigenvalue weighted by atomic mass is 9.94. The van der Waals surface area contributed by atoms with Crippen molar-refractivity contribution in [2.75, 3.05) is 18.4 Å². The summed E-state index contributed by atoms with van der Waals surface area (Å²) < 4.78 is 33.1. The van der Waals surface area contributed by atoms with Crippen molar-refractivity contribution in [2.24, 2.45) is 5.92 Å². The number of likely N-dealkylation sites (tertiary alicyclic amines) is 1. The molecule has 0 aliphatic carbocycles. The van der Waals surface area contributed by atoms with E-state index in [4.69, 9.17) is 4.52 Å². The van der Waals surface area contributed by atoms with Crippen LogP contribution in [-0.2, 0) is 16.4 Å². The molecule has 0 radical (unpaired) electrons. The van der Waals surface area contributed by atoms with E-state index >= 15 is 0 Å². The normalized spacial score (nSPS) is 23.7. The van der Waals surface area contributed by atoms with E-state index in [1.54, 1.807) is 35.2 Å². The molecule has 1 saturated heterocycles. The topological polar surface area (TPSA) is 105 Å². The molecule has 9 heteroatoms. The lowest BCUT2D eigenvalue weighted by molar-refractivity contribution is 0.0648. The van der Waals surface area contributed by atoms with Gasteiger partial charge < -0.3 is 14.7 Å². The second-order valence-electron chi connectivity index (χ2n) is 7.32. The Balaban J connectivity index is 1.49. The van der Waals surface area contributed by atoms with Crippen molar-refractivity contribution in [3.63, 3.8) is 0 Å². The van der Waals surface area contributed by atoms with Gasteiger partial charge in [0.15, 0.2) is 5.69 Å². The number of para-hydroxylation sites is 1. The van der Waals surface area contributed by atoms with E-state index < -0.39 is 16.2 Å². The van der Waals surface area contributed by atoms with Crippen molar-refractivity contribution in [1.29, 1.82) is 0 Å². The molecule has 2 atom stereocenters. The second-order valence-corrected chi connectivity index (χ2v) is 9.00. The minimum absolute atomic E-state index is 0.0390. The van der Waals surface area contributed by atoms with Gasteiger partial charge in [-0.2, -0.15) is 4.72 Å². The minimum atomic E-state index is -3.58. The van der Waals surface area contributed by atoms with Crippen molar-refractivity contribution in [1.82, 2.24) is 14.8 Å². The van der Waals surface area contributed by atoms with Crippen LogP contribution in [-0.4, -0.2) is 43.6 Å². The third-order valence-corrected chi connectivity index (χ3v) is 6.76. The fraction of sp³-hybridized carbons (Fsp3) is 0.474. The molecule has 2 aliphatic rings. The Morgan fingerprint density at radius 2 is 2.18 bits per heavy atom. The van der Waals surface area contributed by atoms with Crippen molar-refractivity contribution in [3.05, 3.63) is 41.8 Å². The molecule has 0 bridgehead atoms. The average molecular weight is 404 g/mol. The van der Waals surface area contributed by atoms with Gasteiger partial charge in [0.25, 0.3) is 5.91 Å². The van der Waals surface area contributed by atoms with Crippen LogP contribution in [0.15, 0.2) is 39.8 Å². The highest BCUT2D eigenvalue weighted by molar-refractivity contribution is 7.89. The Labute approximate surface area is 164 Å². The third-order valence-electron chi connectivity index (χ3n) is 5.26. The summed E-state index contributed by atoms with van der Waals surface area (Å²) in [5, 5.41) is 7.19. The van der Waals surface area contributed by atoms with Crippen LogP contribution in [0.1, 0.15) is 42.4 Å². The van der Waals surface area contributed by atoms with Crippen molar-refractivity contribution in [2.45, 2.75) is 43.7 Å². The van der Waals surface area contributed by atoms with Crippen LogP contribution in [0.25, 0.3) is 0 Å². The van der Waals surface area contributed by atoms with E-state index in [1.165, 1.54) is 0 Å². The third kappa shape index (κ3) is 3.64. The Bertz CT molecular complexity index is 972. The van der Waals surface area contributed by atoms with Gasteiger partial charge in [-0.25, -0.2) is 8.42 Å². The molecule has 150 valence electrons. The lowest BCUT2D eigenvalue weighted by Crippen LogP contribution is -2.54. The van der Waals surface area contributed by atoms with Gasteiger partial charge in [0.1, 0.15) is 10.7 Å². The largest absolute Gasteiger partial charge is 0.368 e. The molecule has 0 spiro atoms. The molecule has 1 amide bonds. The summed E-state index contributed by atoms with van der Waals surface area (Å²) in [6.45, 7) is 3.12. The summed E-state index contributed by atoms with van der Waals surface area (Å²) in [6, 6.07) is 8.55. The first-order valence-electron chi connectivity index (χ1n) is 9.60. The van der Waals surface area contributed by atoms with Crippen LogP contribution in [0, 0.1) is 5.92 Å². The first kappa shape index (κ1) is 18.9. The zero-order valence-corrected chi connectivity index (χ0v) is 16.5. The first-order valence-corrected chi connectivity index (χ1v) is 11.1. The summed E-state index contributed by atoms with van der Waals surface area (Å²) in [5.74, 6) is 0.496. The van der Waals surface area contributed by atoms with Gasteiger partial charge in [-0.05, 0) is 31.4 Å². The zero-order chi connectivity index (χ0) is 19.7. The van der Waals surface area contributed by atoms with Gasteiger partial charge in [0.05, 0.1) is 11.9 Å². The smallest absolute Gasteiger partial charge is 0.276 e. The molecule has 2 aromatic rings. The molecule has 1 fully saturated rings. The summed E-state index contributed by atoms with van der Waals surface area (Å²) in [4.78, 5) is 14.8. The predicted octanol–water partition coefficient (Wildman–Crippen LogP) is 2.21. The minimum Gasteiger partial charge on any atom is -0.368 e. The molecule has 2 N–H and O–H groups in total. The molecule has 4 rings (SSSR count). The number of nitrogens with zero attached hydrogens (tertiary/aromatic N) is 2. The number of benzene rings is 1. The van der Waals surface area contributed by atoms with Crippen LogP contribution in [0.3, 0.4) is 0 Å². The summed E-state index contributed by atoms with van der Waals surface area (Å²) >= 11 is 0. The molecular weight excluding hydrogens is 380 g/mol. The number of sulfonamides is 1. The van der Waals surface area contributed by atoms with Crippen LogP contribution in [0.4, 0.5) is 5.69 Å². The SMILES string of the molecule is CCCc1cc(C(=O)N2CCC[C@H]([C@@H]3Nc4ccccc4S(=O)(=O)N3)C2)no1. The number of carbonyl (C=O) groups is 1. The van der Waals surface area contributed by atoms with E-state index in [1.807, 2.05) is 6.92 Å². The van der Waals surface area contributed by atoms with E-state index in [9.17, 15) is 13.2 Å². The van der Waals surface area contributed by atoms with Crippen LogP contribution < -0.4 is 10.0 Å². The monoisotopic (exact) mass is 404 g/mol. The second kappa shape index (κ2) is 7.56. The van der Waals surface area contributed by atoms with E-state index in [0.717, 1.165) is 25.7 Å². The summed E-state index contributed by atoms with van der Waals surface area (Å²) in [5.41, 5.74) is 0.905. The number of carbonyl (C=O) groups excluding carboxylic acids is 1. The first-order chi connectivity index (χ1) is 13.5. The van der Waals surface area contributed by atoms with Gasteiger partial charge in [-0.1, -0.05) is 24.2 Å². The van der Waals surface area contributed by atoms with E-state index in [2.05, 4.69) is 15.2 Å². The predicted molar refractivity (Wildman–Crippen MR) is 103 cm³/mol. The Morgan fingerprint density at radius 1 is 1.36 bits per heavy atom. The molecule has 1 aromatic carbocycles. The number of amides is 1. The highest BCUT2D eigenvalue weighted by atomic mass is 32.2. The quantitative estimate of drug-likeness (QED) is 0.810. The Hall–Kier alpha value is -2.39. The van der Waals surface area contributed by atoms with Gasteiger partial charge in [-0.15, -0.1) is 0 Å². The van der Waals surface area contributed by atoms with Crippen LogP contribution >= 0.6 is 0 Å².